The van der Waals surface area contributed by atoms with E-state index >= 15 is 0 Å². The summed E-state index contributed by atoms with van der Waals surface area (Å²) in [7, 11) is 0. The first-order valence-electron chi connectivity index (χ1n) is 10.7. The van der Waals surface area contributed by atoms with Crippen LogP contribution in [0.4, 0.5) is 14.5 Å². The van der Waals surface area contributed by atoms with Gasteiger partial charge < -0.3 is 0 Å². The molecular formula is C27H21ClF2N2S3. The Morgan fingerprint density at radius 2 is 1.40 bits per heavy atom. The van der Waals surface area contributed by atoms with Gasteiger partial charge in [-0.1, -0.05) is 35.9 Å². The van der Waals surface area contributed by atoms with Crippen LogP contribution in [-0.4, -0.2) is 14.6 Å². The first-order valence-corrected chi connectivity index (χ1v) is 13.9. The van der Waals surface area contributed by atoms with Gasteiger partial charge in [0.1, 0.15) is 16.8 Å². The third-order valence-electron chi connectivity index (χ3n) is 4.71. The van der Waals surface area contributed by atoms with Gasteiger partial charge >= 0.3 is 0 Å². The third kappa shape index (κ3) is 8.69. The van der Waals surface area contributed by atoms with E-state index in [0.717, 1.165) is 26.1 Å². The number of thioether (sulfide) groups is 3. The Morgan fingerprint density at radius 1 is 0.800 bits per heavy atom. The number of aliphatic imine (C=N–C) groups is 1. The minimum Gasteiger partial charge on any atom is -0.247 e. The van der Waals surface area contributed by atoms with Crippen LogP contribution in [0.5, 0.6) is 0 Å². The normalized spacial score (nSPS) is 11.7. The summed E-state index contributed by atoms with van der Waals surface area (Å²) in [6.45, 7) is 0. The highest BCUT2D eigenvalue weighted by atomic mass is 35.5. The highest BCUT2D eigenvalue weighted by Gasteiger charge is 2.17. The van der Waals surface area contributed by atoms with Gasteiger partial charge in [-0.15, -0.1) is 35.3 Å². The topological polar surface area (TPSA) is 25.2 Å². The van der Waals surface area contributed by atoms with Crippen molar-refractivity contribution in [2.75, 3.05) is 0 Å². The van der Waals surface area contributed by atoms with Crippen molar-refractivity contribution in [2.45, 2.75) is 26.5 Å². The van der Waals surface area contributed by atoms with Crippen molar-refractivity contribution in [3.63, 3.8) is 0 Å². The molecule has 0 spiro atoms. The average molecular weight is 543 g/mol. The molecule has 0 saturated carbocycles. The van der Waals surface area contributed by atoms with Crippen LogP contribution in [0.15, 0.2) is 112 Å². The molecule has 178 valence electrons. The molecule has 0 aliphatic rings. The van der Waals surface area contributed by atoms with Gasteiger partial charge in [-0.2, -0.15) is 0 Å². The van der Waals surface area contributed by atoms with Crippen LogP contribution in [-0.2, 0) is 5.75 Å². The molecule has 4 rings (SSSR count). The monoisotopic (exact) mass is 542 g/mol. The lowest BCUT2D eigenvalue weighted by Gasteiger charge is -2.18. The highest BCUT2D eigenvalue weighted by molar-refractivity contribution is 8.17. The minimum absolute atomic E-state index is 0.0317. The van der Waals surface area contributed by atoms with E-state index in [4.69, 9.17) is 16.6 Å². The second-order valence-corrected chi connectivity index (χ2v) is 11.7. The van der Waals surface area contributed by atoms with E-state index in [-0.39, 0.29) is 16.2 Å². The lowest BCUT2D eigenvalue weighted by molar-refractivity contribution is 0.626. The Balaban J connectivity index is 1.57. The second kappa shape index (κ2) is 13.1. The first-order chi connectivity index (χ1) is 17.0. The van der Waals surface area contributed by atoms with Crippen LogP contribution in [0.2, 0.25) is 5.15 Å². The predicted molar refractivity (Wildman–Crippen MR) is 147 cm³/mol. The van der Waals surface area contributed by atoms with Crippen molar-refractivity contribution in [3.8, 4) is 0 Å². The first kappa shape index (κ1) is 25.8. The summed E-state index contributed by atoms with van der Waals surface area (Å²) in [5.41, 5.74) is 1.93. The number of hydrogen-bond donors (Lipinski definition) is 0. The lowest BCUT2D eigenvalue weighted by atomic mass is 10.3. The van der Waals surface area contributed by atoms with E-state index < -0.39 is 0 Å². The SMILES string of the molecule is Fc1ccc(SC(CC(=Nc2ccccc2)SCc2ccc(Cl)nc2)Sc2ccc(F)cc2)cc1. The molecule has 1 heterocycles. The van der Waals surface area contributed by atoms with Gasteiger partial charge in [-0.3, -0.25) is 0 Å². The quantitative estimate of drug-likeness (QED) is 0.0691. The van der Waals surface area contributed by atoms with Gasteiger partial charge in [0.2, 0.25) is 0 Å². The van der Waals surface area contributed by atoms with E-state index in [1.54, 1.807) is 71.8 Å². The van der Waals surface area contributed by atoms with E-state index in [9.17, 15) is 8.78 Å². The van der Waals surface area contributed by atoms with Crippen LogP contribution in [0.25, 0.3) is 0 Å². The summed E-state index contributed by atoms with van der Waals surface area (Å²) in [6.07, 6.45) is 2.43. The zero-order chi connectivity index (χ0) is 24.5. The Kier molecular flexibility index (Phi) is 9.66. The summed E-state index contributed by atoms with van der Waals surface area (Å²) in [5, 5.41) is 1.42. The zero-order valence-corrected chi connectivity index (χ0v) is 21.7. The van der Waals surface area contributed by atoms with Crippen LogP contribution in [0.1, 0.15) is 12.0 Å². The standard InChI is InChI=1S/C27H21ClF2N2S3/c28-25-15-6-19(17-31-25)18-33-26(32-22-4-2-1-3-5-22)16-27(34-23-11-7-20(29)8-12-23)35-24-13-9-21(30)10-14-24/h1-15,17,27H,16,18H2. The Morgan fingerprint density at radius 3 is 1.94 bits per heavy atom. The van der Waals surface area contributed by atoms with Crippen molar-refractivity contribution < 1.29 is 8.78 Å². The fraction of sp³-hybridized carbons (Fsp3) is 0.111. The number of halogens is 3. The van der Waals surface area contributed by atoms with Crippen LogP contribution < -0.4 is 0 Å². The van der Waals surface area contributed by atoms with Gasteiger partial charge in [0.15, 0.2) is 0 Å². The summed E-state index contributed by atoms with van der Waals surface area (Å²) >= 11 is 10.9. The number of para-hydroxylation sites is 1. The zero-order valence-electron chi connectivity index (χ0n) is 18.5. The van der Waals surface area contributed by atoms with Gasteiger partial charge in [0.05, 0.1) is 15.3 Å². The fourth-order valence-corrected chi connectivity index (χ4v) is 6.84. The summed E-state index contributed by atoms with van der Waals surface area (Å²) < 4.78 is 27.0. The molecule has 0 atom stereocenters. The smallest absolute Gasteiger partial charge is 0.129 e. The van der Waals surface area contributed by atoms with Crippen molar-refractivity contribution in [2.24, 2.45) is 4.99 Å². The molecule has 0 bridgehead atoms. The van der Waals surface area contributed by atoms with Crippen LogP contribution in [0.3, 0.4) is 0 Å². The molecule has 2 nitrogen and oxygen atoms in total. The summed E-state index contributed by atoms with van der Waals surface area (Å²) in [5.74, 6) is 0.163. The Labute approximate surface area is 221 Å². The van der Waals surface area contributed by atoms with Crippen molar-refractivity contribution in [1.29, 1.82) is 0 Å². The number of nitrogens with zero attached hydrogens (tertiary/aromatic N) is 2. The van der Waals surface area contributed by atoms with E-state index in [1.807, 2.05) is 36.4 Å². The molecule has 0 radical (unpaired) electrons. The summed E-state index contributed by atoms with van der Waals surface area (Å²) in [4.78, 5) is 11.0. The number of pyridine rings is 1. The average Bonchev–Trinajstić information content (AvgIpc) is 2.87. The molecular weight excluding hydrogens is 522 g/mol. The maximum Gasteiger partial charge on any atom is 0.129 e. The molecule has 0 unspecified atom stereocenters. The minimum atomic E-state index is -0.268. The second-order valence-electron chi connectivity index (χ2n) is 7.40. The van der Waals surface area contributed by atoms with Crippen LogP contribution >= 0.6 is 46.9 Å². The molecule has 1 aromatic heterocycles. The molecule has 3 aromatic carbocycles. The molecule has 0 aliphatic carbocycles. The molecule has 0 aliphatic heterocycles. The number of benzene rings is 3. The maximum atomic E-state index is 13.5. The third-order valence-corrected chi connectivity index (χ3v) is 8.53. The molecule has 8 heteroatoms. The predicted octanol–water partition coefficient (Wildman–Crippen LogP) is 9.28. The lowest BCUT2D eigenvalue weighted by Crippen LogP contribution is -2.05. The molecule has 35 heavy (non-hydrogen) atoms. The molecule has 0 amide bonds. The molecule has 4 aromatic rings. The Hall–Kier alpha value is -2.32. The van der Waals surface area contributed by atoms with E-state index in [2.05, 4.69) is 4.98 Å². The molecule has 0 fully saturated rings. The van der Waals surface area contributed by atoms with Gasteiger partial charge in [0.25, 0.3) is 0 Å². The highest BCUT2D eigenvalue weighted by Crippen LogP contribution is 2.39. The van der Waals surface area contributed by atoms with Crippen molar-refractivity contribution >= 4 is 57.6 Å². The number of aromatic nitrogens is 1. The van der Waals surface area contributed by atoms with E-state index in [0.29, 0.717) is 17.3 Å². The number of hydrogen-bond acceptors (Lipinski definition) is 5. The molecule has 0 saturated heterocycles. The maximum absolute atomic E-state index is 13.5. The van der Waals surface area contributed by atoms with E-state index in [1.165, 1.54) is 24.3 Å². The fourth-order valence-electron chi connectivity index (χ4n) is 3.02. The largest absolute Gasteiger partial charge is 0.247 e. The molecule has 0 N–H and O–H groups in total. The van der Waals surface area contributed by atoms with Gasteiger partial charge in [-0.25, -0.2) is 18.8 Å². The van der Waals surface area contributed by atoms with Crippen molar-refractivity contribution in [3.05, 3.63) is 120 Å². The summed E-state index contributed by atoms with van der Waals surface area (Å²) in [6, 6.07) is 26.5. The van der Waals surface area contributed by atoms with Crippen LogP contribution in [0, 0.1) is 11.6 Å². The van der Waals surface area contributed by atoms with Gasteiger partial charge in [0, 0.05) is 28.2 Å². The number of rotatable bonds is 9. The Bertz CT molecular complexity index is 1190. The van der Waals surface area contributed by atoms with Gasteiger partial charge in [-0.05, 0) is 72.3 Å². The van der Waals surface area contributed by atoms with Crippen molar-refractivity contribution in [1.82, 2.24) is 4.98 Å².